The number of aromatic nitrogens is 1. The van der Waals surface area contributed by atoms with Gasteiger partial charge in [-0.1, -0.05) is 6.07 Å². The van der Waals surface area contributed by atoms with Gasteiger partial charge in [0.2, 0.25) is 10.0 Å². The zero-order chi connectivity index (χ0) is 8.48. The van der Waals surface area contributed by atoms with Crippen LogP contribution in [0.15, 0.2) is 29.2 Å². The maximum Gasteiger partial charge on any atom is 0.264 e. The molecule has 1 rings (SSSR count). The van der Waals surface area contributed by atoms with E-state index in [-0.39, 0.29) is 0 Å². The van der Waals surface area contributed by atoms with Crippen molar-refractivity contribution in [2.45, 2.75) is 0 Å². The largest absolute Gasteiger partial charge is 0.268 e. The lowest BCUT2D eigenvalue weighted by atomic mass is 10.5. The van der Waals surface area contributed by atoms with Crippen molar-refractivity contribution in [1.29, 1.82) is 0 Å². The molecule has 11 heavy (non-hydrogen) atoms. The van der Waals surface area contributed by atoms with Crippen LogP contribution in [-0.2, 0) is 10.0 Å². The summed E-state index contributed by atoms with van der Waals surface area (Å²) in [5.74, 6) is 0. The van der Waals surface area contributed by atoms with Crippen LogP contribution < -0.4 is 5.56 Å². The fourth-order valence-electron chi connectivity index (χ4n) is 0.687. The van der Waals surface area contributed by atoms with Gasteiger partial charge in [0.25, 0.3) is 5.56 Å². The number of pyridine rings is 1. The summed E-state index contributed by atoms with van der Waals surface area (Å²) >= 11 is 0. The maximum absolute atomic E-state index is 10.8. The van der Waals surface area contributed by atoms with Crippen molar-refractivity contribution in [3.63, 3.8) is 0 Å². The first-order valence-corrected chi connectivity index (χ1v) is 4.75. The van der Waals surface area contributed by atoms with E-state index in [2.05, 4.69) is 0 Å². The summed E-state index contributed by atoms with van der Waals surface area (Å²) in [6, 6.07) is 4.17. The van der Waals surface area contributed by atoms with Gasteiger partial charge in [-0.2, -0.15) is 0 Å². The quantitative estimate of drug-likeness (QED) is 0.583. The van der Waals surface area contributed by atoms with Crippen LogP contribution in [0.4, 0.5) is 0 Å². The summed E-state index contributed by atoms with van der Waals surface area (Å²) in [6.45, 7) is 0. The summed E-state index contributed by atoms with van der Waals surface area (Å²) in [7, 11) is -3.43. The molecule has 4 nitrogen and oxygen atoms in total. The Kier molecular flexibility index (Phi) is 1.82. The number of hydrogen-bond donors (Lipinski definition) is 0. The van der Waals surface area contributed by atoms with Crippen LogP contribution in [-0.4, -0.2) is 18.6 Å². The monoisotopic (exact) mass is 173 g/mol. The third-order valence-corrected chi connectivity index (χ3v) is 2.16. The summed E-state index contributed by atoms with van der Waals surface area (Å²) in [5, 5.41) is 0. The molecular weight excluding hydrogens is 166 g/mol. The third kappa shape index (κ3) is 1.68. The van der Waals surface area contributed by atoms with Crippen LogP contribution in [0.2, 0.25) is 0 Å². The summed E-state index contributed by atoms with van der Waals surface area (Å²) in [5.41, 5.74) is -0.532. The lowest BCUT2D eigenvalue weighted by Gasteiger charge is -1.98. The van der Waals surface area contributed by atoms with Crippen molar-refractivity contribution in [2.75, 3.05) is 6.26 Å². The number of nitrogens with zero attached hydrogens (tertiary/aromatic N) is 1. The van der Waals surface area contributed by atoms with Crippen LogP contribution in [0.25, 0.3) is 0 Å². The van der Waals surface area contributed by atoms with E-state index in [0.717, 1.165) is 6.26 Å². The van der Waals surface area contributed by atoms with Gasteiger partial charge in [0, 0.05) is 12.3 Å². The highest BCUT2D eigenvalue weighted by atomic mass is 32.2. The van der Waals surface area contributed by atoms with Crippen molar-refractivity contribution in [3.8, 4) is 0 Å². The SMILES string of the molecule is CS(=O)(=O)n1ccccc1=O. The van der Waals surface area contributed by atoms with E-state index in [1.807, 2.05) is 0 Å². The van der Waals surface area contributed by atoms with Crippen molar-refractivity contribution in [1.82, 2.24) is 3.97 Å². The van der Waals surface area contributed by atoms with Gasteiger partial charge in [-0.15, -0.1) is 0 Å². The van der Waals surface area contributed by atoms with Gasteiger partial charge in [0.05, 0.1) is 6.26 Å². The molecule has 60 valence electrons. The Morgan fingerprint density at radius 1 is 1.36 bits per heavy atom. The average Bonchev–Trinajstić information content (AvgIpc) is 1.86. The first kappa shape index (κ1) is 8.00. The lowest BCUT2D eigenvalue weighted by molar-refractivity contribution is 0.591. The fraction of sp³-hybridized carbons (Fsp3) is 0.167. The molecule has 1 aromatic heterocycles. The predicted molar refractivity (Wildman–Crippen MR) is 40.9 cm³/mol. The van der Waals surface area contributed by atoms with E-state index in [0.29, 0.717) is 3.97 Å². The normalized spacial score (nSPS) is 11.4. The Bertz CT molecular complexity index is 404. The molecule has 0 aliphatic heterocycles. The molecule has 0 spiro atoms. The van der Waals surface area contributed by atoms with Gasteiger partial charge >= 0.3 is 0 Å². The lowest BCUT2D eigenvalue weighted by Crippen LogP contribution is -2.24. The van der Waals surface area contributed by atoms with Crippen molar-refractivity contribution >= 4 is 10.0 Å². The first-order chi connectivity index (χ1) is 5.02. The first-order valence-electron chi connectivity index (χ1n) is 2.90. The van der Waals surface area contributed by atoms with Crippen molar-refractivity contribution < 1.29 is 8.42 Å². The molecule has 0 aromatic carbocycles. The molecule has 0 atom stereocenters. The smallest absolute Gasteiger partial charge is 0.264 e. The fourth-order valence-corrected chi connectivity index (χ4v) is 1.37. The van der Waals surface area contributed by atoms with Gasteiger partial charge in [0.1, 0.15) is 0 Å². The molecule has 0 radical (unpaired) electrons. The van der Waals surface area contributed by atoms with E-state index >= 15 is 0 Å². The minimum absolute atomic E-state index is 0.532. The molecule has 5 heteroatoms. The second-order valence-electron chi connectivity index (χ2n) is 2.10. The molecule has 1 aromatic rings. The number of rotatable bonds is 1. The van der Waals surface area contributed by atoms with Crippen LogP contribution in [0.5, 0.6) is 0 Å². The second-order valence-corrected chi connectivity index (χ2v) is 3.96. The summed E-state index contributed by atoms with van der Waals surface area (Å²) < 4.78 is 22.3. The van der Waals surface area contributed by atoms with Gasteiger partial charge in [-0.05, 0) is 6.07 Å². The highest BCUT2D eigenvalue weighted by molar-refractivity contribution is 7.89. The predicted octanol–water partition coefficient (Wildman–Crippen LogP) is -0.344. The average molecular weight is 173 g/mol. The van der Waals surface area contributed by atoms with E-state index in [1.54, 1.807) is 0 Å². The molecule has 0 saturated carbocycles. The number of hydrogen-bond acceptors (Lipinski definition) is 3. The summed E-state index contributed by atoms with van der Waals surface area (Å²) in [6.07, 6.45) is 2.20. The molecule has 0 amide bonds. The van der Waals surface area contributed by atoms with Gasteiger partial charge in [0.15, 0.2) is 0 Å². The van der Waals surface area contributed by atoms with E-state index in [9.17, 15) is 13.2 Å². The Morgan fingerprint density at radius 3 is 2.36 bits per heavy atom. The molecular formula is C6H7NO3S. The molecule has 0 aliphatic carbocycles. The third-order valence-electron chi connectivity index (χ3n) is 1.15. The Morgan fingerprint density at radius 2 is 2.00 bits per heavy atom. The standard InChI is InChI=1S/C6H7NO3S/c1-11(9,10)7-5-3-2-4-6(7)8/h2-5H,1H3. The Labute approximate surface area is 64.1 Å². The second kappa shape index (κ2) is 2.50. The molecule has 0 N–H and O–H groups in total. The molecule has 1 heterocycles. The zero-order valence-corrected chi connectivity index (χ0v) is 6.71. The van der Waals surface area contributed by atoms with Crippen molar-refractivity contribution in [3.05, 3.63) is 34.7 Å². The van der Waals surface area contributed by atoms with Crippen LogP contribution in [0, 0.1) is 0 Å². The van der Waals surface area contributed by atoms with E-state index in [4.69, 9.17) is 0 Å². The molecule has 0 aliphatic rings. The van der Waals surface area contributed by atoms with Crippen molar-refractivity contribution in [2.24, 2.45) is 0 Å². The van der Waals surface area contributed by atoms with Gasteiger partial charge in [-0.3, -0.25) is 4.79 Å². The molecule has 0 fully saturated rings. The van der Waals surface area contributed by atoms with Gasteiger partial charge in [-0.25, -0.2) is 12.4 Å². The highest BCUT2D eigenvalue weighted by Gasteiger charge is 2.04. The minimum atomic E-state index is -3.43. The topological polar surface area (TPSA) is 56.1 Å². The van der Waals surface area contributed by atoms with Gasteiger partial charge < -0.3 is 0 Å². The summed E-state index contributed by atoms with van der Waals surface area (Å²) in [4.78, 5) is 10.8. The van der Waals surface area contributed by atoms with Crippen LogP contribution >= 0.6 is 0 Å². The minimum Gasteiger partial charge on any atom is -0.268 e. The maximum atomic E-state index is 10.8. The van der Waals surface area contributed by atoms with E-state index < -0.39 is 15.6 Å². The molecule has 0 saturated heterocycles. The van der Waals surface area contributed by atoms with Crippen LogP contribution in [0.1, 0.15) is 0 Å². The molecule has 0 bridgehead atoms. The zero-order valence-electron chi connectivity index (χ0n) is 5.89. The Hall–Kier alpha value is -1.10. The Balaban J connectivity index is 3.50. The molecule has 0 unspecified atom stereocenters. The van der Waals surface area contributed by atoms with E-state index in [1.165, 1.54) is 24.4 Å². The highest BCUT2D eigenvalue weighted by Crippen LogP contribution is 1.86. The van der Waals surface area contributed by atoms with Crippen LogP contribution in [0.3, 0.4) is 0 Å².